The standard InChI is InChI=1S/C28H32N4O3/c1-20(12-25(33)13-22-15-29-19-30-16-22)23-4-6-26(7-5-23)35-27-9-11-32(17-27)24-8-10-31-28(14-24)34-18-21-2-3-21/h4-8,10,14-16,19-21,27H,2-3,9,11-13,17-18H2,1H3/t20-,27?/m1/s1. The average molecular weight is 473 g/mol. The Morgan fingerprint density at radius 1 is 1.11 bits per heavy atom. The molecule has 7 heteroatoms. The van der Waals surface area contributed by atoms with Crippen molar-refractivity contribution in [3.8, 4) is 11.6 Å². The van der Waals surface area contributed by atoms with E-state index in [4.69, 9.17) is 9.47 Å². The molecule has 5 rings (SSSR count). The first-order valence-corrected chi connectivity index (χ1v) is 12.5. The Labute approximate surface area is 206 Å². The number of anilines is 1. The number of benzene rings is 1. The molecule has 2 aromatic heterocycles. The van der Waals surface area contributed by atoms with Crippen LogP contribution >= 0.6 is 0 Å². The van der Waals surface area contributed by atoms with Crippen molar-refractivity contribution in [1.82, 2.24) is 15.0 Å². The summed E-state index contributed by atoms with van der Waals surface area (Å²) in [6, 6.07) is 12.2. The number of rotatable bonds is 11. The maximum absolute atomic E-state index is 12.4. The molecule has 7 nitrogen and oxygen atoms in total. The minimum atomic E-state index is 0.136. The van der Waals surface area contributed by atoms with Gasteiger partial charge in [-0.3, -0.25) is 4.79 Å². The first-order chi connectivity index (χ1) is 17.1. The predicted octanol–water partition coefficient (Wildman–Crippen LogP) is 4.62. The molecule has 0 N–H and O–H groups in total. The Hall–Kier alpha value is -3.48. The quantitative estimate of drug-likeness (QED) is 0.403. The van der Waals surface area contributed by atoms with Gasteiger partial charge in [0.1, 0.15) is 24.0 Å². The van der Waals surface area contributed by atoms with E-state index >= 15 is 0 Å². The summed E-state index contributed by atoms with van der Waals surface area (Å²) in [6.07, 6.45) is 11.2. The van der Waals surface area contributed by atoms with Gasteiger partial charge in [0, 0.05) is 56.2 Å². The highest BCUT2D eigenvalue weighted by molar-refractivity contribution is 5.81. The number of hydrogen-bond donors (Lipinski definition) is 0. The zero-order valence-corrected chi connectivity index (χ0v) is 20.2. The van der Waals surface area contributed by atoms with Gasteiger partial charge in [-0.05, 0) is 54.0 Å². The van der Waals surface area contributed by atoms with Crippen LogP contribution in [-0.2, 0) is 11.2 Å². The van der Waals surface area contributed by atoms with Crippen LogP contribution in [0.25, 0.3) is 0 Å². The number of carbonyl (C=O) groups excluding carboxylic acids is 1. The molecular formula is C28H32N4O3. The maximum Gasteiger partial charge on any atom is 0.215 e. The molecule has 1 saturated heterocycles. The van der Waals surface area contributed by atoms with Gasteiger partial charge in [-0.25, -0.2) is 15.0 Å². The van der Waals surface area contributed by atoms with Crippen molar-refractivity contribution in [3.63, 3.8) is 0 Å². The van der Waals surface area contributed by atoms with Crippen molar-refractivity contribution in [3.05, 3.63) is 72.4 Å². The van der Waals surface area contributed by atoms with Crippen LogP contribution in [0.1, 0.15) is 49.7 Å². The van der Waals surface area contributed by atoms with E-state index in [1.807, 2.05) is 30.5 Å². The highest BCUT2D eigenvalue weighted by Crippen LogP contribution is 2.31. The number of pyridine rings is 1. The number of ketones is 1. The number of nitrogens with zero attached hydrogens (tertiary/aromatic N) is 4. The van der Waals surface area contributed by atoms with Crippen molar-refractivity contribution in [2.45, 2.75) is 51.0 Å². The number of ether oxygens (including phenoxy) is 2. The van der Waals surface area contributed by atoms with E-state index in [2.05, 4.69) is 38.9 Å². The summed E-state index contributed by atoms with van der Waals surface area (Å²) in [6.45, 7) is 4.64. The van der Waals surface area contributed by atoms with E-state index in [9.17, 15) is 4.79 Å². The zero-order chi connectivity index (χ0) is 24.0. The van der Waals surface area contributed by atoms with Gasteiger partial charge in [0.05, 0.1) is 13.2 Å². The Kier molecular flexibility index (Phi) is 7.21. The summed E-state index contributed by atoms with van der Waals surface area (Å²) in [5, 5.41) is 0. The lowest BCUT2D eigenvalue weighted by Crippen LogP contribution is -2.24. The third-order valence-corrected chi connectivity index (χ3v) is 6.69. The molecule has 1 aromatic carbocycles. The van der Waals surface area contributed by atoms with E-state index in [1.165, 1.54) is 19.2 Å². The third-order valence-electron chi connectivity index (χ3n) is 6.69. The van der Waals surface area contributed by atoms with Crippen molar-refractivity contribution in [1.29, 1.82) is 0 Å². The van der Waals surface area contributed by atoms with E-state index in [0.717, 1.165) is 48.7 Å². The van der Waals surface area contributed by atoms with Gasteiger partial charge in [0.2, 0.25) is 5.88 Å². The van der Waals surface area contributed by atoms with Gasteiger partial charge >= 0.3 is 0 Å². The molecule has 1 unspecified atom stereocenters. The molecule has 0 bridgehead atoms. The van der Waals surface area contributed by atoms with Gasteiger partial charge in [-0.1, -0.05) is 19.1 Å². The molecule has 1 aliphatic carbocycles. The molecule has 1 saturated carbocycles. The lowest BCUT2D eigenvalue weighted by Gasteiger charge is -2.20. The van der Waals surface area contributed by atoms with Crippen LogP contribution < -0.4 is 14.4 Å². The fraction of sp³-hybridized carbons (Fsp3) is 0.429. The molecule has 0 amide bonds. The Balaban J connectivity index is 1.10. The first kappa shape index (κ1) is 23.3. The van der Waals surface area contributed by atoms with Crippen LogP contribution in [0.3, 0.4) is 0 Å². The third kappa shape index (κ3) is 6.56. The largest absolute Gasteiger partial charge is 0.489 e. The molecular weight excluding hydrogens is 440 g/mol. The van der Waals surface area contributed by atoms with Gasteiger partial charge in [0.15, 0.2) is 0 Å². The number of Topliss-reactive ketones (excluding diaryl/α,β-unsaturated/α-hetero) is 1. The summed E-state index contributed by atoms with van der Waals surface area (Å²) in [5.74, 6) is 2.62. The van der Waals surface area contributed by atoms with Gasteiger partial charge < -0.3 is 14.4 Å². The second kappa shape index (κ2) is 10.8. The molecule has 35 heavy (non-hydrogen) atoms. The monoisotopic (exact) mass is 472 g/mol. The summed E-state index contributed by atoms with van der Waals surface area (Å²) < 4.78 is 12.1. The van der Waals surface area contributed by atoms with E-state index in [-0.39, 0.29) is 17.8 Å². The van der Waals surface area contributed by atoms with Crippen LogP contribution in [0.5, 0.6) is 11.6 Å². The normalized spacial score (nSPS) is 18.3. The topological polar surface area (TPSA) is 77.4 Å². The highest BCUT2D eigenvalue weighted by atomic mass is 16.5. The van der Waals surface area contributed by atoms with E-state index in [0.29, 0.717) is 24.6 Å². The second-order valence-corrected chi connectivity index (χ2v) is 9.72. The predicted molar refractivity (Wildman–Crippen MR) is 134 cm³/mol. The van der Waals surface area contributed by atoms with E-state index < -0.39 is 0 Å². The average Bonchev–Trinajstić information content (AvgIpc) is 3.60. The van der Waals surface area contributed by atoms with Gasteiger partial charge in [-0.15, -0.1) is 0 Å². The summed E-state index contributed by atoms with van der Waals surface area (Å²) in [5.41, 5.74) is 3.12. The smallest absolute Gasteiger partial charge is 0.215 e. The summed E-state index contributed by atoms with van der Waals surface area (Å²) in [7, 11) is 0. The van der Waals surface area contributed by atoms with Crippen molar-refractivity contribution in [2.24, 2.45) is 5.92 Å². The lowest BCUT2D eigenvalue weighted by atomic mass is 9.94. The molecule has 0 radical (unpaired) electrons. The summed E-state index contributed by atoms with van der Waals surface area (Å²) in [4.78, 5) is 27.1. The molecule has 182 valence electrons. The maximum atomic E-state index is 12.4. The molecule has 3 aromatic rings. The Morgan fingerprint density at radius 2 is 1.91 bits per heavy atom. The first-order valence-electron chi connectivity index (χ1n) is 12.5. The molecule has 3 heterocycles. The Morgan fingerprint density at radius 3 is 2.69 bits per heavy atom. The van der Waals surface area contributed by atoms with Gasteiger partial charge in [0.25, 0.3) is 0 Å². The fourth-order valence-corrected chi connectivity index (χ4v) is 4.47. The number of hydrogen-bond acceptors (Lipinski definition) is 7. The van der Waals surface area contributed by atoms with Crippen molar-refractivity contribution >= 4 is 11.5 Å². The minimum absolute atomic E-state index is 0.136. The van der Waals surface area contributed by atoms with Crippen LogP contribution in [0.15, 0.2) is 61.3 Å². The van der Waals surface area contributed by atoms with Crippen molar-refractivity contribution in [2.75, 3.05) is 24.6 Å². The summed E-state index contributed by atoms with van der Waals surface area (Å²) >= 11 is 0. The minimum Gasteiger partial charge on any atom is -0.489 e. The Bertz CT molecular complexity index is 1120. The van der Waals surface area contributed by atoms with Crippen LogP contribution in [-0.4, -0.2) is 46.5 Å². The van der Waals surface area contributed by atoms with Crippen LogP contribution in [0.2, 0.25) is 0 Å². The number of carbonyl (C=O) groups is 1. The lowest BCUT2D eigenvalue weighted by molar-refractivity contribution is -0.118. The van der Waals surface area contributed by atoms with E-state index in [1.54, 1.807) is 12.4 Å². The highest BCUT2D eigenvalue weighted by Gasteiger charge is 2.25. The number of aromatic nitrogens is 3. The molecule has 0 spiro atoms. The fourth-order valence-electron chi connectivity index (χ4n) is 4.47. The van der Waals surface area contributed by atoms with Gasteiger partial charge in [-0.2, -0.15) is 0 Å². The van der Waals surface area contributed by atoms with Crippen LogP contribution in [0.4, 0.5) is 5.69 Å². The van der Waals surface area contributed by atoms with Crippen molar-refractivity contribution < 1.29 is 14.3 Å². The SMILES string of the molecule is C[C@H](CC(=O)Cc1cncnc1)c1ccc(OC2CCN(c3ccnc(OCC4CC4)c3)C2)cc1. The molecule has 2 atom stereocenters. The second-order valence-electron chi connectivity index (χ2n) is 9.72. The van der Waals surface area contributed by atoms with Crippen LogP contribution in [0, 0.1) is 5.92 Å². The molecule has 1 aliphatic heterocycles. The molecule has 2 fully saturated rings. The zero-order valence-electron chi connectivity index (χ0n) is 20.2. The molecule has 2 aliphatic rings.